The summed E-state index contributed by atoms with van der Waals surface area (Å²) in [6.45, 7) is -1.02. The van der Waals surface area contributed by atoms with Gasteiger partial charge in [0, 0.05) is 19.4 Å². The van der Waals surface area contributed by atoms with Gasteiger partial charge in [-0.05, 0) is 0 Å². The van der Waals surface area contributed by atoms with Crippen molar-refractivity contribution in [2.45, 2.75) is 0 Å². The second kappa shape index (κ2) is 27.5. The third-order valence-corrected chi connectivity index (χ3v) is 2.75. The molecule has 0 aliphatic rings. The van der Waals surface area contributed by atoms with Crippen LogP contribution in [0.3, 0.4) is 0 Å². The van der Waals surface area contributed by atoms with Gasteiger partial charge in [-0.3, -0.25) is 4.57 Å². The Balaban J connectivity index is -0.0000000383. The Morgan fingerprint density at radius 3 is 1.40 bits per heavy atom. The SMILES string of the molecule is NCC(=O)[O-].O=C([O-])CNCP(=O)([O-])[O-].O=P(O)(O)CCl.[Na+].[Na+].[Na+].[Na+]. The summed E-state index contributed by atoms with van der Waals surface area (Å²) in [5, 5.41) is 20.6. The molecule has 0 heterocycles. The fraction of sp³-hybridized carbons (Fsp3) is 0.667. The summed E-state index contributed by atoms with van der Waals surface area (Å²) < 4.78 is 19.4. The van der Waals surface area contributed by atoms with Gasteiger partial charge in [0.1, 0.15) is 5.62 Å². The number of carboxylic acid groups (broad SMARTS) is 2. The molecule has 0 unspecified atom stereocenters. The van der Waals surface area contributed by atoms with Gasteiger partial charge in [0.05, 0.1) is 11.9 Å². The second-order valence-corrected chi connectivity index (χ2v) is 6.75. The van der Waals surface area contributed by atoms with E-state index >= 15 is 0 Å². The minimum absolute atomic E-state index is 0. The average molecular weight is 463 g/mol. The molecule has 128 valence electrons. The summed E-state index contributed by atoms with van der Waals surface area (Å²) in [5.74, 6) is -2.67. The summed E-state index contributed by atoms with van der Waals surface area (Å²) in [6, 6.07) is 0. The van der Waals surface area contributed by atoms with E-state index in [-0.39, 0.29) is 125 Å². The summed E-state index contributed by atoms with van der Waals surface area (Å²) in [4.78, 5) is 54.0. The largest absolute Gasteiger partial charge is 1.00 e. The Morgan fingerprint density at radius 2 is 1.28 bits per heavy atom. The summed E-state index contributed by atoms with van der Waals surface area (Å²) in [7, 11) is -8.51. The van der Waals surface area contributed by atoms with Gasteiger partial charge in [-0.1, -0.05) is 7.60 Å². The van der Waals surface area contributed by atoms with Crippen LogP contribution in [0.2, 0.25) is 0 Å². The molecule has 0 radical (unpaired) electrons. The quantitative estimate of drug-likeness (QED) is 0.163. The van der Waals surface area contributed by atoms with Crippen LogP contribution in [-0.4, -0.2) is 46.7 Å². The van der Waals surface area contributed by atoms with E-state index in [0.29, 0.717) is 0 Å². The minimum Gasteiger partial charge on any atom is -0.810 e. The van der Waals surface area contributed by atoms with Gasteiger partial charge in [-0.2, -0.15) is 0 Å². The number of rotatable bonds is 6. The maximum absolute atomic E-state index is 9.81. The minimum atomic E-state index is -4.62. The molecule has 0 aliphatic heterocycles. The van der Waals surface area contributed by atoms with Crippen LogP contribution >= 0.6 is 26.8 Å². The van der Waals surface area contributed by atoms with Crippen molar-refractivity contribution in [3.63, 3.8) is 0 Å². The number of nitrogens with two attached hydrogens (primary N) is 1. The van der Waals surface area contributed by atoms with E-state index in [1.54, 1.807) is 0 Å². The molecule has 0 fully saturated rings. The first-order valence-electron chi connectivity index (χ1n) is 4.67. The smallest absolute Gasteiger partial charge is 0.810 e. The molecule has 0 saturated carbocycles. The predicted molar refractivity (Wildman–Crippen MR) is 62.3 cm³/mol. The maximum Gasteiger partial charge on any atom is 1.00 e. The van der Waals surface area contributed by atoms with E-state index in [0.717, 1.165) is 0 Å². The molecule has 5 N–H and O–H groups in total. The Bertz CT molecular complexity index is 409. The van der Waals surface area contributed by atoms with Crippen LogP contribution in [0, 0.1) is 0 Å². The molecule has 0 aromatic carbocycles. The van der Waals surface area contributed by atoms with E-state index in [9.17, 15) is 28.8 Å². The fourth-order valence-electron chi connectivity index (χ4n) is 0.295. The molecular formula is C6H13ClN2Na4O10P2. The van der Waals surface area contributed by atoms with Gasteiger partial charge in [-0.25, -0.2) is 0 Å². The normalized spacial score (nSPS) is 8.88. The van der Waals surface area contributed by atoms with Gasteiger partial charge in [0.15, 0.2) is 0 Å². The number of carbonyl (C=O) groups excluding carboxylic acids is 2. The molecule has 0 aliphatic carbocycles. The maximum atomic E-state index is 9.81. The van der Waals surface area contributed by atoms with Crippen molar-refractivity contribution in [3.05, 3.63) is 0 Å². The fourth-order valence-corrected chi connectivity index (χ4v) is 0.681. The van der Waals surface area contributed by atoms with Crippen molar-refractivity contribution in [1.82, 2.24) is 5.32 Å². The first kappa shape index (κ1) is 46.6. The number of nitrogens with one attached hydrogen (secondary N) is 1. The van der Waals surface area contributed by atoms with E-state index in [1.807, 2.05) is 5.32 Å². The Labute approximate surface area is 237 Å². The standard InChI is InChI=1S/C3H8NO5P.C2H5NO2.CH4ClO3P.4Na/c5-3(6)1-4-2-10(7,8)9;3-1-2(4)5;2-1-6(3,4)5;;;;/h4H,1-2H2,(H,5,6)(H2,7,8,9);1,3H2,(H,4,5);1H2,(H2,3,4,5);;;;/q;;;4*+1/p-4. The average Bonchev–Trinajstić information content (AvgIpc) is 2.27. The van der Waals surface area contributed by atoms with Crippen LogP contribution in [0.4, 0.5) is 0 Å². The molecular weight excluding hydrogens is 449 g/mol. The van der Waals surface area contributed by atoms with Crippen molar-refractivity contribution in [2.24, 2.45) is 5.73 Å². The van der Waals surface area contributed by atoms with Crippen molar-refractivity contribution >= 4 is 38.7 Å². The zero-order valence-electron chi connectivity index (χ0n) is 14.3. The van der Waals surface area contributed by atoms with Crippen LogP contribution < -0.4 is 149 Å². The van der Waals surface area contributed by atoms with Crippen LogP contribution in [-0.2, 0) is 18.7 Å². The molecule has 0 aromatic heterocycles. The molecule has 0 spiro atoms. The molecule has 0 atom stereocenters. The molecule has 0 bridgehead atoms. The van der Waals surface area contributed by atoms with Gasteiger partial charge < -0.3 is 55.0 Å². The molecule has 0 saturated heterocycles. The van der Waals surface area contributed by atoms with Crippen molar-refractivity contribution in [2.75, 3.05) is 25.0 Å². The van der Waals surface area contributed by atoms with Gasteiger partial charge in [0.25, 0.3) is 0 Å². The molecule has 19 heteroatoms. The van der Waals surface area contributed by atoms with Gasteiger partial charge in [-0.15, -0.1) is 11.6 Å². The number of carboxylic acids is 2. The van der Waals surface area contributed by atoms with Crippen LogP contribution in [0.15, 0.2) is 0 Å². The summed E-state index contributed by atoms with van der Waals surface area (Å²) in [5.41, 5.74) is 3.92. The third-order valence-electron chi connectivity index (χ3n) is 0.897. The van der Waals surface area contributed by atoms with Crippen LogP contribution in [0.1, 0.15) is 0 Å². The molecule has 0 amide bonds. The number of halogens is 1. The monoisotopic (exact) mass is 462 g/mol. The predicted octanol–water partition coefficient (Wildman–Crippen LogP) is -17.7. The zero-order chi connectivity index (χ0) is 17.7. The second-order valence-electron chi connectivity index (χ2n) is 2.93. The van der Waals surface area contributed by atoms with Crippen LogP contribution in [0.5, 0.6) is 0 Å². The molecule has 25 heavy (non-hydrogen) atoms. The summed E-state index contributed by atoms with van der Waals surface area (Å²) >= 11 is 4.71. The first-order valence-corrected chi connectivity index (χ1v) is 8.73. The Hall–Kier alpha value is 3.45. The number of aliphatic carboxylic acids is 2. The van der Waals surface area contributed by atoms with Crippen molar-refractivity contribution < 1.29 is 167 Å². The number of carbonyl (C=O) groups is 2. The van der Waals surface area contributed by atoms with E-state index < -0.39 is 45.6 Å². The zero-order valence-corrected chi connectivity index (χ0v) is 24.9. The third kappa shape index (κ3) is 74.5. The van der Waals surface area contributed by atoms with Crippen molar-refractivity contribution in [3.8, 4) is 0 Å². The summed E-state index contributed by atoms with van der Waals surface area (Å²) in [6.07, 6.45) is -0.860. The first-order chi connectivity index (χ1) is 9.25. The van der Waals surface area contributed by atoms with Gasteiger partial charge >= 0.3 is 126 Å². The number of hydrogen-bond donors (Lipinski definition) is 4. The molecule has 0 aromatic rings. The molecule has 12 nitrogen and oxygen atoms in total. The Kier molecular flexibility index (Phi) is 51.2. The van der Waals surface area contributed by atoms with E-state index in [1.165, 1.54) is 0 Å². The number of alkyl halides is 1. The van der Waals surface area contributed by atoms with E-state index in [4.69, 9.17) is 31.3 Å². The van der Waals surface area contributed by atoms with Gasteiger partial charge in [0.2, 0.25) is 0 Å². The van der Waals surface area contributed by atoms with Crippen LogP contribution in [0.25, 0.3) is 0 Å². The Morgan fingerprint density at radius 1 is 1.00 bits per heavy atom. The number of hydrogen-bond acceptors (Lipinski definition) is 10. The topological polar surface area (TPSA) is 239 Å². The molecule has 0 rings (SSSR count). The van der Waals surface area contributed by atoms with E-state index in [2.05, 4.69) is 5.73 Å². The van der Waals surface area contributed by atoms with Crippen molar-refractivity contribution in [1.29, 1.82) is 0 Å².